The van der Waals surface area contributed by atoms with Crippen LogP contribution in [0.1, 0.15) is 15.9 Å². The van der Waals surface area contributed by atoms with E-state index in [9.17, 15) is 9.59 Å². The Hall–Kier alpha value is -1.88. The van der Waals surface area contributed by atoms with Gasteiger partial charge in [0.05, 0.1) is 13.2 Å². The van der Waals surface area contributed by atoms with Crippen LogP contribution in [0.2, 0.25) is 0 Å². The summed E-state index contributed by atoms with van der Waals surface area (Å²) in [4.78, 5) is 25.0. The molecule has 102 valence electrons. The molecule has 1 unspecified atom stereocenters. The molecule has 1 aromatic carbocycles. The maximum atomic E-state index is 11.9. The number of nitrogens with one attached hydrogen (secondary N) is 1. The quantitative estimate of drug-likeness (QED) is 0.817. The predicted octanol–water partition coefficient (Wildman–Crippen LogP) is 0.759. The number of nitrogens with zero attached hydrogens (tertiary/aromatic N) is 1. The highest BCUT2D eigenvalue weighted by Crippen LogP contribution is 2.24. The first-order valence-corrected chi connectivity index (χ1v) is 6.29. The Morgan fingerprint density at radius 1 is 1.53 bits per heavy atom. The maximum Gasteiger partial charge on any atom is 0.244 e. The summed E-state index contributed by atoms with van der Waals surface area (Å²) in [7, 11) is 1.60. The third kappa shape index (κ3) is 2.76. The molecular weight excluding hydrogens is 244 g/mol. The molecule has 1 aliphatic heterocycles. The minimum absolute atomic E-state index is 0.0999. The number of ether oxygens (including phenoxy) is 1. The average molecular weight is 262 g/mol. The second-order valence-corrected chi connectivity index (χ2v) is 4.58. The molecule has 0 radical (unpaired) electrons. The van der Waals surface area contributed by atoms with Crippen LogP contribution in [-0.2, 0) is 9.53 Å². The molecule has 1 fully saturated rings. The van der Waals surface area contributed by atoms with Crippen molar-refractivity contribution in [2.75, 3.05) is 31.7 Å². The molecule has 0 saturated carbocycles. The maximum absolute atomic E-state index is 11.9. The highest BCUT2D eigenvalue weighted by molar-refractivity contribution is 5.90. The summed E-state index contributed by atoms with van der Waals surface area (Å²) in [5.74, 6) is -0.0999. The van der Waals surface area contributed by atoms with Crippen molar-refractivity contribution in [1.29, 1.82) is 0 Å². The zero-order chi connectivity index (χ0) is 13.8. The Balaban J connectivity index is 2.37. The lowest BCUT2D eigenvalue weighted by Gasteiger charge is -2.36. The van der Waals surface area contributed by atoms with Crippen LogP contribution in [0.3, 0.4) is 0 Å². The van der Waals surface area contributed by atoms with E-state index in [0.29, 0.717) is 25.3 Å². The van der Waals surface area contributed by atoms with Crippen LogP contribution in [-0.4, -0.2) is 45.0 Å². The van der Waals surface area contributed by atoms with E-state index in [1.807, 2.05) is 30.0 Å². The van der Waals surface area contributed by atoms with Crippen molar-refractivity contribution >= 4 is 17.9 Å². The molecule has 19 heavy (non-hydrogen) atoms. The summed E-state index contributed by atoms with van der Waals surface area (Å²) >= 11 is 0. The minimum Gasteiger partial charge on any atom is -0.377 e. The van der Waals surface area contributed by atoms with Crippen molar-refractivity contribution in [3.63, 3.8) is 0 Å². The molecule has 1 aliphatic rings. The molecule has 0 aliphatic carbocycles. The fourth-order valence-electron chi connectivity index (χ4n) is 2.31. The van der Waals surface area contributed by atoms with Gasteiger partial charge >= 0.3 is 0 Å². The molecule has 0 aromatic heterocycles. The van der Waals surface area contributed by atoms with Crippen LogP contribution >= 0.6 is 0 Å². The number of aryl methyl sites for hydroxylation is 1. The molecule has 1 aromatic rings. The van der Waals surface area contributed by atoms with Gasteiger partial charge in [-0.25, -0.2) is 0 Å². The SMILES string of the molecule is CNC(=O)C1COCCN1c1ccc(C)cc1C=O. The van der Waals surface area contributed by atoms with Gasteiger partial charge in [-0.05, 0) is 19.1 Å². The first-order chi connectivity index (χ1) is 9.17. The van der Waals surface area contributed by atoms with Crippen LogP contribution in [0.25, 0.3) is 0 Å². The number of rotatable bonds is 3. The molecular formula is C14H18N2O3. The van der Waals surface area contributed by atoms with Crippen molar-refractivity contribution in [3.05, 3.63) is 29.3 Å². The van der Waals surface area contributed by atoms with E-state index < -0.39 is 0 Å². The largest absolute Gasteiger partial charge is 0.377 e. The summed E-state index contributed by atoms with van der Waals surface area (Å²) in [5, 5.41) is 2.63. The van der Waals surface area contributed by atoms with E-state index in [2.05, 4.69) is 5.32 Å². The first-order valence-electron chi connectivity index (χ1n) is 6.29. The van der Waals surface area contributed by atoms with E-state index in [-0.39, 0.29) is 11.9 Å². The molecule has 1 heterocycles. The summed E-state index contributed by atoms with van der Waals surface area (Å²) in [6.07, 6.45) is 0.832. The second-order valence-electron chi connectivity index (χ2n) is 4.58. The number of hydrogen-bond acceptors (Lipinski definition) is 4. The van der Waals surface area contributed by atoms with E-state index in [1.165, 1.54) is 0 Å². The molecule has 0 spiro atoms. The monoisotopic (exact) mass is 262 g/mol. The van der Waals surface area contributed by atoms with Gasteiger partial charge in [-0.1, -0.05) is 11.6 Å². The second kappa shape index (κ2) is 5.84. The van der Waals surface area contributed by atoms with Crippen LogP contribution in [0.5, 0.6) is 0 Å². The summed E-state index contributed by atoms with van der Waals surface area (Å²) in [6, 6.07) is 5.28. The van der Waals surface area contributed by atoms with Crippen molar-refractivity contribution in [2.24, 2.45) is 0 Å². The van der Waals surface area contributed by atoms with Gasteiger partial charge in [0.2, 0.25) is 5.91 Å². The van der Waals surface area contributed by atoms with Gasteiger partial charge in [-0.2, -0.15) is 0 Å². The molecule has 5 heteroatoms. The molecule has 2 rings (SSSR count). The number of aldehydes is 1. The van der Waals surface area contributed by atoms with Crippen LogP contribution < -0.4 is 10.2 Å². The molecule has 1 N–H and O–H groups in total. The molecule has 1 atom stereocenters. The Labute approximate surface area is 112 Å². The van der Waals surface area contributed by atoms with Gasteiger partial charge in [-0.15, -0.1) is 0 Å². The van der Waals surface area contributed by atoms with Gasteiger partial charge in [0, 0.05) is 24.8 Å². The molecule has 1 amide bonds. The number of amides is 1. The summed E-state index contributed by atoms with van der Waals surface area (Å²) in [5.41, 5.74) is 2.42. The first kappa shape index (κ1) is 13.5. The lowest BCUT2D eigenvalue weighted by molar-refractivity contribution is -0.124. The Kier molecular flexibility index (Phi) is 4.16. The van der Waals surface area contributed by atoms with Crippen molar-refractivity contribution in [1.82, 2.24) is 5.32 Å². The van der Waals surface area contributed by atoms with E-state index >= 15 is 0 Å². The van der Waals surface area contributed by atoms with Crippen LogP contribution in [0, 0.1) is 6.92 Å². The zero-order valence-corrected chi connectivity index (χ0v) is 11.2. The van der Waals surface area contributed by atoms with E-state index in [1.54, 1.807) is 7.05 Å². The van der Waals surface area contributed by atoms with Crippen LogP contribution in [0.4, 0.5) is 5.69 Å². The standard InChI is InChI=1S/C14H18N2O3/c1-10-3-4-12(11(7-10)8-17)16-5-6-19-9-13(16)14(18)15-2/h3-4,7-8,13H,5-6,9H2,1-2H3,(H,15,18). The molecule has 5 nitrogen and oxygen atoms in total. The van der Waals surface area contributed by atoms with Gasteiger partial charge < -0.3 is 15.0 Å². The smallest absolute Gasteiger partial charge is 0.244 e. The third-order valence-corrected chi connectivity index (χ3v) is 3.30. The lowest BCUT2D eigenvalue weighted by Crippen LogP contribution is -2.53. The fraction of sp³-hybridized carbons (Fsp3) is 0.429. The highest BCUT2D eigenvalue weighted by atomic mass is 16.5. The number of anilines is 1. The zero-order valence-electron chi connectivity index (χ0n) is 11.2. The predicted molar refractivity (Wildman–Crippen MR) is 72.6 cm³/mol. The molecule has 1 saturated heterocycles. The number of hydrogen-bond donors (Lipinski definition) is 1. The van der Waals surface area contributed by atoms with Gasteiger partial charge in [0.25, 0.3) is 0 Å². The van der Waals surface area contributed by atoms with Crippen molar-refractivity contribution in [3.8, 4) is 0 Å². The Morgan fingerprint density at radius 2 is 2.32 bits per heavy atom. The average Bonchev–Trinajstić information content (AvgIpc) is 2.46. The normalized spacial score (nSPS) is 19.1. The lowest BCUT2D eigenvalue weighted by atomic mass is 10.1. The Bertz CT molecular complexity index is 488. The van der Waals surface area contributed by atoms with E-state index in [4.69, 9.17) is 4.74 Å². The summed E-state index contributed by atoms with van der Waals surface area (Å²) < 4.78 is 5.36. The number of carbonyl (C=O) groups is 2. The highest BCUT2D eigenvalue weighted by Gasteiger charge is 2.30. The number of likely N-dealkylation sites (N-methyl/N-ethyl adjacent to an activating group) is 1. The van der Waals surface area contributed by atoms with Gasteiger partial charge in [-0.3, -0.25) is 9.59 Å². The number of carbonyl (C=O) groups excluding carboxylic acids is 2. The fourth-order valence-corrected chi connectivity index (χ4v) is 2.31. The summed E-state index contributed by atoms with van der Waals surface area (Å²) in [6.45, 7) is 3.43. The van der Waals surface area contributed by atoms with Gasteiger partial charge in [0.15, 0.2) is 6.29 Å². The van der Waals surface area contributed by atoms with Gasteiger partial charge in [0.1, 0.15) is 6.04 Å². The molecule has 0 bridgehead atoms. The van der Waals surface area contributed by atoms with E-state index in [0.717, 1.165) is 17.5 Å². The number of benzene rings is 1. The number of morpholine rings is 1. The topological polar surface area (TPSA) is 58.6 Å². The van der Waals surface area contributed by atoms with Crippen molar-refractivity contribution < 1.29 is 14.3 Å². The Morgan fingerprint density at radius 3 is 3.00 bits per heavy atom. The van der Waals surface area contributed by atoms with Crippen molar-refractivity contribution in [2.45, 2.75) is 13.0 Å². The third-order valence-electron chi connectivity index (χ3n) is 3.30. The minimum atomic E-state index is -0.389. The van der Waals surface area contributed by atoms with Crippen LogP contribution in [0.15, 0.2) is 18.2 Å².